The number of furan rings is 1. The molecule has 0 aliphatic carbocycles. The van der Waals surface area contributed by atoms with Crippen LogP contribution in [0.25, 0.3) is 11.0 Å². The summed E-state index contributed by atoms with van der Waals surface area (Å²) in [7, 11) is 0. The lowest BCUT2D eigenvalue weighted by molar-refractivity contribution is 0.0204. The zero-order valence-corrected chi connectivity index (χ0v) is 18.6. The Hall–Kier alpha value is -3.53. The van der Waals surface area contributed by atoms with Crippen molar-refractivity contribution in [1.82, 2.24) is 9.88 Å². The van der Waals surface area contributed by atoms with Gasteiger partial charge in [0.05, 0.1) is 17.9 Å². The van der Waals surface area contributed by atoms with Gasteiger partial charge in [-0.3, -0.25) is 0 Å². The number of hydrogen-bond donors (Lipinski definition) is 0. The van der Waals surface area contributed by atoms with Gasteiger partial charge in [0.1, 0.15) is 17.8 Å². The Bertz CT molecular complexity index is 1150. The van der Waals surface area contributed by atoms with E-state index in [1.54, 1.807) is 23.3 Å². The number of nitrogens with zero attached hydrogens (tertiary/aromatic N) is 3. The standard InChI is InChI=1S/C25H27N3O4/c1-25(2,3)32-24(29)28-12-9-17(10-13-28)21-5-4-6-22(27-21)31-16-19-8-7-18(15-26)20-11-14-30-23(19)20/h4-8,11,14,17H,9-10,12-13,16H2,1-3H3. The largest absolute Gasteiger partial charge is 0.473 e. The van der Waals surface area contributed by atoms with E-state index in [0.717, 1.165) is 29.5 Å². The lowest BCUT2D eigenvalue weighted by Gasteiger charge is -2.33. The number of ether oxygens (including phenoxy) is 2. The number of amides is 1. The van der Waals surface area contributed by atoms with Gasteiger partial charge in [-0.1, -0.05) is 12.1 Å². The minimum Gasteiger partial charge on any atom is -0.473 e. The van der Waals surface area contributed by atoms with E-state index in [1.807, 2.05) is 45.0 Å². The molecule has 32 heavy (non-hydrogen) atoms. The maximum absolute atomic E-state index is 12.3. The van der Waals surface area contributed by atoms with Gasteiger partial charge >= 0.3 is 6.09 Å². The molecule has 0 radical (unpaired) electrons. The van der Waals surface area contributed by atoms with E-state index in [-0.39, 0.29) is 12.0 Å². The Morgan fingerprint density at radius 3 is 2.72 bits per heavy atom. The normalized spacial score (nSPS) is 14.9. The fourth-order valence-corrected chi connectivity index (χ4v) is 3.91. The summed E-state index contributed by atoms with van der Waals surface area (Å²) in [5.41, 5.74) is 2.58. The molecule has 7 nitrogen and oxygen atoms in total. The molecule has 3 heterocycles. The minimum absolute atomic E-state index is 0.257. The van der Waals surface area contributed by atoms with Crippen LogP contribution in [-0.4, -0.2) is 34.7 Å². The Kier molecular flexibility index (Phi) is 6.04. The van der Waals surface area contributed by atoms with E-state index < -0.39 is 5.60 Å². The number of piperidine rings is 1. The molecule has 1 fully saturated rings. The number of nitriles is 1. The number of rotatable bonds is 4. The highest BCUT2D eigenvalue weighted by molar-refractivity contribution is 5.86. The second kappa shape index (κ2) is 8.91. The molecule has 3 aromatic rings. The highest BCUT2D eigenvalue weighted by atomic mass is 16.6. The number of carbonyl (C=O) groups excluding carboxylic acids is 1. The van der Waals surface area contributed by atoms with Crippen LogP contribution in [-0.2, 0) is 11.3 Å². The Labute approximate surface area is 187 Å². The average molecular weight is 434 g/mol. The molecule has 1 aromatic carbocycles. The molecule has 1 aliphatic rings. The molecule has 166 valence electrons. The number of carbonyl (C=O) groups is 1. The van der Waals surface area contributed by atoms with Crippen molar-refractivity contribution in [2.45, 2.75) is 51.7 Å². The number of aromatic nitrogens is 1. The first-order chi connectivity index (χ1) is 15.3. The van der Waals surface area contributed by atoms with Crippen LogP contribution >= 0.6 is 0 Å². The number of pyridine rings is 1. The fraction of sp³-hybridized carbons (Fsp3) is 0.400. The van der Waals surface area contributed by atoms with Crippen LogP contribution < -0.4 is 4.74 Å². The lowest BCUT2D eigenvalue weighted by atomic mass is 9.93. The summed E-state index contributed by atoms with van der Waals surface area (Å²) in [6.07, 6.45) is 2.99. The lowest BCUT2D eigenvalue weighted by Crippen LogP contribution is -2.41. The molecular formula is C25H27N3O4. The zero-order valence-electron chi connectivity index (χ0n) is 18.6. The second-order valence-corrected chi connectivity index (χ2v) is 8.98. The van der Waals surface area contributed by atoms with Crippen LogP contribution in [0.2, 0.25) is 0 Å². The maximum Gasteiger partial charge on any atom is 0.410 e. The van der Waals surface area contributed by atoms with Crippen molar-refractivity contribution in [2.24, 2.45) is 0 Å². The van der Waals surface area contributed by atoms with Gasteiger partial charge in [0, 0.05) is 41.7 Å². The molecule has 0 saturated carbocycles. The number of likely N-dealkylation sites (tertiary alicyclic amines) is 1. The minimum atomic E-state index is -0.489. The summed E-state index contributed by atoms with van der Waals surface area (Å²) >= 11 is 0. The Morgan fingerprint density at radius 1 is 1.22 bits per heavy atom. The molecule has 4 rings (SSSR count). The predicted octanol–water partition coefficient (Wildman–Crippen LogP) is 5.39. The molecule has 1 saturated heterocycles. The van der Waals surface area contributed by atoms with Crippen molar-refractivity contribution in [3.8, 4) is 11.9 Å². The number of hydrogen-bond acceptors (Lipinski definition) is 6. The fourth-order valence-electron chi connectivity index (χ4n) is 3.91. The number of fused-ring (bicyclic) bond motifs is 1. The van der Waals surface area contributed by atoms with Gasteiger partial charge in [0.2, 0.25) is 5.88 Å². The third kappa shape index (κ3) is 4.86. The average Bonchev–Trinajstić information content (AvgIpc) is 3.27. The molecule has 0 spiro atoms. The summed E-state index contributed by atoms with van der Waals surface area (Å²) in [6.45, 7) is 7.22. The van der Waals surface area contributed by atoms with Crippen LogP contribution in [0.3, 0.4) is 0 Å². The zero-order chi connectivity index (χ0) is 22.7. The van der Waals surface area contributed by atoms with E-state index in [4.69, 9.17) is 18.9 Å². The van der Waals surface area contributed by atoms with Gasteiger partial charge in [-0.25, -0.2) is 9.78 Å². The summed E-state index contributed by atoms with van der Waals surface area (Å²) in [4.78, 5) is 18.8. The van der Waals surface area contributed by atoms with E-state index in [1.165, 1.54) is 0 Å². The van der Waals surface area contributed by atoms with Crippen LogP contribution in [0.5, 0.6) is 5.88 Å². The SMILES string of the molecule is CC(C)(C)OC(=O)N1CCC(c2cccc(OCc3ccc(C#N)c4ccoc34)n2)CC1. The van der Waals surface area contributed by atoms with E-state index >= 15 is 0 Å². The second-order valence-electron chi connectivity index (χ2n) is 8.98. The van der Waals surface area contributed by atoms with E-state index in [9.17, 15) is 10.1 Å². The molecule has 1 amide bonds. The smallest absolute Gasteiger partial charge is 0.410 e. The van der Waals surface area contributed by atoms with Crippen molar-refractivity contribution < 1.29 is 18.7 Å². The highest BCUT2D eigenvalue weighted by Crippen LogP contribution is 2.29. The molecule has 0 bridgehead atoms. The van der Waals surface area contributed by atoms with E-state index in [2.05, 4.69) is 6.07 Å². The molecule has 2 aromatic heterocycles. The monoisotopic (exact) mass is 433 g/mol. The van der Waals surface area contributed by atoms with Gasteiger partial charge in [-0.2, -0.15) is 5.26 Å². The first kappa shape index (κ1) is 21.7. The highest BCUT2D eigenvalue weighted by Gasteiger charge is 2.28. The Balaban J connectivity index is 1.38. The molecule has 0 N–H and O–H groups in total. The quantitative estimate of drug-likeness (QED) is 0.548. The summed E-state index contributed by atoms with van der Waals surface area (Å²) in [5.74, 6) is 0.810. The van der Waals surface area contributed by atoms with Gasteiger partial charge in [-0.15, -0.1) is 0 Å². The maximum atomic E-state index is 12.3. The van der Waals surface area contributed by atoms with Crippen molar-refractivity contribution in [1.29, 1.82) is 5.26 Å². The van der Waals surface area contributed by atoms with Crippen LogP contribution in [0.4, 0.5) is 4.79 Å². The molecule has 1 aliphatic heterocycles. The topological polar surface area (TPSA) is 88.6 Å². The summed E-state index contributed by atoms with van der Waals surface area (Å²) in [5, 5.41) is 10.0. The van der Waals surface area contributed by atoms with Gasteiger partial charge in [0.25, 0.3) is 0 Å². The predicted molar refractivity (Wildman–Crippen MR) is 119 cm³/mol. The van der Waals surface area contributed by atoms with E-state index in [0.29, 0.717) is 36.7 Å². The molecule has 0 atom stereocenters. The molecular weight excluding hydrogens is 406 g/mol. The third-order valence-corrected chi connectivity index (χ3v) is 5.50. The first-order valence-electron chi connectivity index (χ1n) is 10.8. The van der Waals surface area contributed by atoms with Crippen LogP contribution in [0.15, 0.2) is 47.1 Å². The summed E-state index contributed by atoms with van der Waals surface area (Å²) < 4.78 is 17.0. The van der Waals surface area contributed by atoms with Crippen molar-refractivity contribution in [3.63, 3.8) is 0 Å². The van der Waals surface area contributed by atoms with Crippen molar-refractivity contribution >= 4 is 17.1 Å². The molecule has 7 heteroatoms. The first-order valence-corrected chi connectivity index (χ1v) is 10.8. The van der Waals surface area contributed by atoms with Crippen molar-refractivity contribution in [3.05, 3.63) is 59.5 Å². The van der Waals surface area contributed by atoms with Crippen LogP contribution in [0, 0.1) is 11.3 Å². The van der Waals surface area contributed by atoms with Crippen LogP contribution in [0.1, 0.15) is 56.4 Å². The molecule has 0 unspecified atom stereocenters. The van der Waals surface area contributed by atoms with Gasteiger partial charge in [-0.05, 0) is 51.8 Å². The number of benzene rings is 1. The van der Waals surface area contributed by atoms with Gasteiger partial charge in [0.15, 0.2) is 0 Å². The summed E-state index contributed by atoms with van der Waals surface area (Å²) in [6, 6.07) is 13.4. The van der Waals surface area contributed by atoms with Gasteiger partial charge < -0.3 is 18.8 Å². The Morgan fingerprint density at radius 2 is 2.00 bits per heavy atom. The van der Waals surface area contributed by atoms with Crippen molar-refractivity contribution in [2.75, 3.05) is 13.1 Å². The third-order valence-electron chi connectivity index (χ3n) is 5.50.